The zero-order valence-electron chi connectivity index (χ0n) is 10.6. The van der Waals surface area contributed by atoms with Gasteiger partial charge in [-0.25, -0.2) is 0 Å². The predicted molar refractivity (Wildman–Crippen MR) is 76.7 cm³/mol. The van der Waals surface area contributed by atoms with E-state index in [1.807, 2.05) is 4.90 Å². The molecule has 0 amide bonds. The van der Waals surface area contributed by atoms with Crippen molar-refractivity contribution in [1.29, 1.82) is 5.41 Å². The first-order valence-electron chi connectivity index (χ1n) is 6.51. The molecule has 0 fully saturated rings. The molecule has 0 unspecified atom stereocenters. The number of benzene rings is 1. The quantitative estimate of drug-likeness (QED) is 0.886. The lowest BCUT2D eigenvalue weighted by Gasteiger charge is -2.34. The van der Waals surface area contributed by atoms with Gasteiger partial charge in [0.1, 0.15) is 5.84 Å². The molecule has 18 heavy (non-hydrogen) atoms. The van der Waals surface area contributed by atoms with Gasteiger partial charge < -0.3 is 4.90 Å². The Kier molecular flexibility index (Phi) is 3.12. The highest BCUT2D eigenvalue weighted by Gasteiger charge is 2.29. The molecule has 2 heterocycles. The largest absolute Gasteiger partial charge is 0.305 e. The van der Waals surface area contributed by atoms with Gasteiger partial charge in [0, 0.05) is 23.5 Å². The van der Waals surface area contributed by atoms with Crippen LogP contribution >= 0.6 is 11.8 Å². The summed E-state index contributed by atoms with van der Waals surface area (Å²) in [6, 6.07) is 6.59. The van der Waals surface area contributed by atoms with Crippen LogP contribution in [0.5, 0.6) is 0 Å². The maximum atomic E-state index is 8.09. The van der Waals surface area contributed by atoms with Crippen LogP contribution in [0.15, 0.2) is 28.1 Å². The van der Waals surface area contributed by atoms with Crippen LogP contribution in [-0.2, 0) is 6.42 Å². The van der Waals surface area contributed by atoms with Crippen molar-refractivity contribution in [2.24, 2.45) is 4.99 Å². The third kappa shape index (κ3) is 1.94. The van der Waals surface area contributed by atoms with Crippen molar-refractivity contribution in [2.75, 3.05) is 13.1 Å². The molecule has 0 radical (unpaired) electrons. The summed E-state index contributed by atoms with van der Waals surface area (Å²) < 4.78 is 0. The number of rotatable bonds is 2. The standard InChI is InChI=1S/C14H17N3S/c1-2-4-10-5-6-12-11(9-10)13-16-7-3-8-17(13)14(15)18-12/h5-6,9,15H,2-4,7-8H2,1H3. The fourth-order valence-corrected chi connectivity index (χ4v) is 3.37. The number of nitrogens with zero attached hydrogens (tertiary/aromatic N) is 2. The summed E-state index contributed by atoms with van der Waals surface area (Å²) in [4.78, 5) is 7.86. The van der Waals surface area contributed by atoms with E-state index < -0.39 is 0 Å². The van der Waals surface area contributed by atoms with Crippen molar-refractivity contribution in [2.45, 2.75) is 31.1 Å². The van der Waals surface area contributed by atoms with E-state index in [1.165, 1.54) is 16.0 Å². The topological polar surface area (TPSA) is 39.5 Å². The van der Waals surface area contributed by atoms with Gasteiger partial charge in [-0.2, -0.15) is 0 Å². The van der Waals surface area contributed by atoms with Gasteiger partial charge in [-0.05, 0) is 30.5 Å². The first-order chi connectivity index (χ1) is 8.79. The molecule has 2 aliphatic rings. The Bertz CT molecular complexity index is 522. The Morgan fingerprint density at radius 1 is 1.44 bits per heavy atom. The second-order valence-corrected chi connectivity index (χ2v) is 5.73. The zero-order valence-corrected chi connectivity index (χ0v) is 11.4. The summed E-state index contributed by atoms with van der Waals surface area (Å²) in [5.41, 5.74) is 2.60. The van der Waals surface area contributed by atoms with Gasteiger partial charge in [-0.15, -0.1) is 0 Å². The molecular formula is C14H17N3S. The molecule has 94 valence electrons. The number of amidine groups is 2. The molecule has 0 atom stereocenters. The number of aliphatic imine (C=N–C) groups is 1. The molecule has 0 saturated heterocycles. The SMILES string of the molecule is CCCc1ccc2c(c1)C1=NCCCN1C(=N)S2. The molecule has 3 rings (SSSR count). The van der Waals surface area contributed by atoms with E-state index >= 15 is 0 Å². The van der Waals surface area contributed by atoms with Crippen molar-refractivity contribution < 1.29 is 0 Å². The normalized spacial score (nSPS) is 18.2. The van der Waals surface area contributed by atoms with Crippen LogP contribution in [0, 0.1) is 5.41 Å². The average Bonchev–Trinajstić information content (AvgIpc) is 2.40. The lowest BCUT2D eigenvalue weighted by molar-refractivity contribution is 0.551. The van der Waals surface area contributed by atoms with E-state index in [2.05, 4.69) is 30.1 Å². The Morgan fingerprint density at radius 3 is 3.17 bits per heavy atom. The van der Waals surface area contributed by atoms with E-state index in [9.17, 15) is 0 Å². The molecule has 0 saturated carbocycles. The molecule has 0 bridgehead atoms. The minimum absolute atomic E-state index is 0.615. The number of thioether (sulfide) groups is 1. The number of fused-ring (bicyclic) bond motifs is 3. The monoisotopic (exact) mass is 259 g/mol. The lowest BCUT2D eigenvalue weighted by Crippen LogP contribution is -2.42. The van der Waals surface area contributed by atoms with Crippen molar-refractivity contribution in [3.63, 3.8) is 0 Å². The van der Waals surface area contributed by atoms with Crippen LogP contribution < -0.4 is 0 Å². The number of aryl methyl sites for hydroxylation is 1. The molecule has 3 nitrogen and oxygen atoms in total. The fourth-order valence-electron chi connectivity index (χ4n) is 2.48. The van der Waals surface area contributed by atoms with E-state index in [0.717, 1.165) is 38.2 Å². The van der Waals surface area contributed by atoms with E-state index in [0.29, 0.717) is 5.17 Å². The summed E-state index contributed by atoms with van der Waals surface area (Å²) in [6.07, 6.45) is 3.33. The number of hydrogen-bond donors (Lipinski definition) is 1. The maximum Gasteiger partial charge on any atom is 0.166 e. The highest BCUT2D eigenvalue weighted by atomic mass is 32.2. The summed E-state index contributed by atoms with van der Waals surface area (Å²) >= 11 is 1.55. The van der Waals surface area contributed by atoms with Crippen molar-refractivity contribution >= 4 is 22.8 Å². The molecule has 4 heteroatoms. The fraction of sp³-hybridized carbons (Fsp3) is 0.429. The second-order valence-electron chi connectivity index (χ2n) is 4.70. The third-order valence-electron chi connectivity index (χ3n) is 3.33. The van der Waals surface area contributed by atoms with Crippen LogP contribution in [0.4, 0.5) is 0 Å². The summed E-state index contributed by atoms with van der Waals surface area (Å²) in [7, 11) is 0. The maximum absolute atomic E-state index is 8.09. The minimum atomic E-state index is 0.615. The van der Waals surface area contributed by atoms with Crippen LogP contribution in [0.1, 0.15) is 30.9 Å². The highest BCUT2D eigenvalue weighted by Crippen LogP contribution is 2.34. The van der Waals surface area contributed by atoms with Crippen LogP contribution in [0.2, 0.25) is 0 Å². The Balaban J connectivity index is 2.07. The van der Waals surface area contributed by atoms with Gasteiger partial charge in [-0.3, -0.25) is 10.4 Å². The van der Waals surface area contributed by atoms with Gasteiger partial charge in [0.15, 0.2) is 5.17 Å². The van der Waals surface area contributed by atoms with Gasteiger partial charge in [-0.1, -0.05) is 31.2 Å². The Hall–Kier alpha value is -1.29. The van der Waals surface area contributed by atoms with Gasteiger partial charge in [0.05, 0.1) is 0 Å². The van der Waals surface area contributed by atoms with Crippen molar-refractivity contribution in [1.82, 2.24) is 4.90 Å². The van der Waals surface area contributed by atoms with E-state index in [4.69, 9.17) is 5.41 Å². The second kappa shape index (κ2) is 4.76. The van der Waals surface area contributed by atoms with E-state index in [-0.39, 0.29) is 0 Å². The molecule has 1 N–H and O–H groups in total. The first kappa shape index (κ1) is 11.8. The van der Waals surface area contributed by atoms with Gasteiger partial charge >= 0.3 is 0 Å². The van der Waals surface area contributed by atoms with Gasteiger partial charge in [0.25, 0.3) is 0 Å². The molecule has 2 aliphatic heterocycles. The number of nitrogens with one attached hydrogen (secondary N) is 1. The molecule has 0 aromatic heterocycles. The zero-order chi connectivity index (χ0) is 12.5. The van der Waals surface area contributed by atoms with Crippen molar-refractivity contribution in [3.05, 3.63) is 29.3 Å². The molecular weight excluding hydrogens is 242 g/mol. The Labute approximate surface area is 112 Å². The summed E-state index contributed by atoms with van der Waals surface area (Å²) in [5.74, 6) is 1.01. The highest BCUT2D eigenvalue weighted by molar-refractivity contribution is 8.14. The molecule has 0 spiro atoms. The minimum Gasteiger partial charge on any atom is -0.305 e. The predicted octanol–water partition coefficient (Wildman–Crippen LogP) is 3.13. The average molecular weight is 259 g/mol. The molecule has 1 aromatic carbocycles. The van der Waals surface area contributed by atoms with Crippen molar-refractivity contribution in [3.8, 4) is 0 Å². The molecule has 0 aliphatic carbocycles. The smallest absolute Gasteiger partial charge is 0.166 e. The van der Waals surface area contributed by atoms with Crippen LogP contribution in [-0.4, -0.2) is 29.0 Å². The summed E-state index contributed by atoms with van der Waals surface area (Å²) in [5, 5.41) is 8.70. The number of hydrogen-bond acceptors (Lipinski definition) is 3. The lowest BCUT2D eigenvalue weighted by atomic mass is 10.0. The first-order valence-corrected chi connectivity index (χ1v) is 7.33. The van der Waals surface area contributed by atoms with E-state index in [1.54, 1.807) is 11.8 Å². The third-order valence-corrected chi connectivity index (χ3v) is 4.32. The molecule has 1 aromatic rings. The Morgan fingerprint density at radius 2 is 2.33 bits per heavy atom. The van der Waals surface area contributed by atoms with Crippen LogP contribution in [0.25, 0.3) is 0 Å². The summed E-state index contributed by atoms with van der Waals surface area (Å²) in [6.45, 7) is 4.03. The van der Waals surface area contributed by atoms with Crippen LogP contribution in [0.3, 0.4) is 0 Å². The van der Waals surface area contributed by atoms with Gasteiger partial charge in [0.2, 0.25) is 0 Å².